The molecule has 0 atom stereocenters. The average molecular weight is 247 g/mol. The fourth-order valence-corrected chi connectivity index (χ4v) is 1.31. The van der Waals surface area contributed by atoms with Crippen LogP contribution in [0, 0.1) is 0 Å². The number of primary amides is 1. The molecular formula is C9H15ClN4O2. The van der Waals surface area contributed by atoms with E-state index in [2.05, 4.69) is 17.1 Å². The van der Waals surface area contributed by atoms with Crippen molar-refractivity contribution in [2.75, 3.05) is 18.0 Å². The van der Waals surface area contributed by atoms with Gasteiger partial charge in [-0.05, 0) is 6.42 Å². The van der Waals surface area contributed by atoms with E-state index >= 15 is 0 Å². The van der Waals surface area contributed by atoms with Crippen LogP contribution in [0.25, 0.3) is 0 Å². The van der Waals surface area contributed by atoms with Crippen LogP contribution in [0.4, 0.5) is 6.01 Å². The van der Waals surface area contributed by atoms with E-state index in [1.807, 2.05) is 0 Å². The molecule has 0 aromatic carbocycles. The Morgan fingerprint density at radius 2 is 2.31 bits per heavy atom. The van der Waals surface area contributed by atoms with Crippen LogP contribution in [-0.2, 0) is 10.7 Å². The van der Waals surface area contributed by atoms with Crippen molar-refractivity contribution in [1.29, 1.82) is 0 Å². The second kappa shape index (κ2) is 6.32. The Kier molecular flexibility index (Phi) is 5.04. The number of anilines is 1. The van der Waals surface area contributed by atoms with Gasteiger partial charge in [-0.3, -0.25) is 4.79 Å². The topological polar surface area (TPSA) is 85.2 Å². The highest BCUT2D eigenvalue weighted by molar-refractivity contribution is 6.16. The lowest BCUT2D eigenvalue weighted by Gasteiger charge is -2.17. The summed E-state index contributed by atoms with van der Waals surface area (Å²) >= 11 is 5.55. The van der Waals surface area contributed by atoms with Crippen molar-refractivity contribution >= 4 is 23.5 Å². The monoisotopic (exact) mass is 246 g/mol. The predicted octanol–water partition coefficient (Wildman–Crippen LogP) is 0.900. The Hall–Kier alpha value is -1.30. The van der Waals surface area contributed by atoms with Gasteiger partial charge in [0.2, 0.25) is 11.8 Å². The van der Waals surface area contributed by atoms with E-state index in [4.69, 9.17) is 21.8 Å². The van der Waals surface area contributed by atoms with Crippen LogP contribution in [0.2, 0.25) is 0 Å². The highest BCUT2D eigenvalue weighted by Gasteiger charge is 2.15. The van der Waals surface area contributed by atoms with Gasteiger partial charge in [0.1, 0.15) is 12.4 Å². The fraction of sp³-hybridized carbons (Fsp3) is 0.667. The molecule has 1 aromatic heterocycles. The summed E-state index contributed by atoms with van der Waals surface area (Å²) in [6.45, 7) is 2.79. The lowest BCUT2D eigenvalue weighted by Crippen LogP contribution is -2.34. The number of carbonyl (C=O) groups excluding carboxylic acids is 1. The third-order valence-corrected chi connectivity index (χ3v) is 2.20. The number of amides is 1. The molecule has 0 bridgehead atoms. The molecule has 0 fully saturated rings. The Labute approximate surface area is 98.8 Å². The normalized spacial score (nSPS) is 10.4. The van der Waals surface area contributed by atoms with Crippen LogP contribution < -0.4 is 10.6 Å². The molecule has 0 spiro atoms. The van der Waals surface area contributed by atoms with Crippen molar-refractivity contribution in [3.05, 3.63) is 5.89 Å². The van der Waals surface area contributed by atoms with Crippen molar-refractivity contribution in [3.8, 4) is 0 Å². The SMILES string of the molecule is CCCCN(CC(N)=O)c1nnc(CCl)o1. The van der Waals surface area contributed by atoms with Crippen LogP contribution in [0.3, 0.4) is 0 Å². The van der Waals surface area contributed by atoms with Gasteiger partial charge in [-0.1, -0.05) is 18.4 Å². The Morgan fingerprint density at radius 1 is 1.56 bits per heavy atom. The highest BCUT2D eigenvalue weighted by atomic mass is 35.5. The lowest BCUT2D eigenvalue weighted by atomic mass is 10.3. The molecule has 0 radical (unpaired) electrons. The van der Waals surface area contributed by atoms with Gasteiger partial charge in [0, 0.05) is 6.54 Å². The minimum atomic E-state index is -0.429. The summed E-state index contributed by atoms with van der Waals surface area (Å²) in [5.41, 5.74) is 5.15. The number of rotatable bonds is 7. The fourth-order valence-electron chi connectivity index (χ4n) is 1.21. The first-order valence-electron chi connectivity index (χ1n) is 5.09. The van der Waals surface area contributed by atoms with Gasteiger partial charge in [-0.25, -0.2) is 0 Å². The zero-order chi connectivity index (χ0) is 12.0. The quantitative estimate of drug-likeness (QED) is 0.723. The molecule has 2 N–H and O–H groups in total. The average Bonchev–Trinajstić information content (AvgIpc) is 2.72. The molecule has 1 aromatic rings. The zero-order valence-corrected chi connectivity index (χ0v) is 9.90. The van der Waals surface area contributed by atoms with Crippen LogP contribution >= 0.6 is 11.6 Å². The Balaban J connectivity index is 2.69. The Bertz CT molecular complexity index is 342. The van der Waals surface area contributed by atoms with E-state index < -0.39 is 5.91 Å². The summed E-state index contributed by atoms with van der Waals surface area (Å²) in [4.78, 5) is 12.5. The second-order valence-electron chi connectivity index (χ2n) is 3.35. The van der Waals surface area contributed by atoms with Crippen molar-refractivity contribution in [2.45, 2.75) is 25.6 Å². The van der Waals surface area contributed by atoms with E-state index in [9.17, 15) is 4.79 Å². The predicted molar refractivity (Wildman–Crippen MR) is 60.2 cm³/mol. The number of aromatic nitrogens is 2. The maximum atomic E-state index is 10.9. The van der Waals surface area contributed by atoms with E-state index in [0.717, 1.165) is 12.8 Å². The van der Waals surface area contributed by atoms with Crippen molar-refractivity contribution in [1.82, 2.24) is 10.2 Å². The molecule has 1 amide bonds. The third-order valence-electron chi connectivity index (χ3n) is 1.97. The van der Waals surface area contributed by atoms with Gasteiger partial charge in [0.05, 0.1) is 0 Å². The molecule has 0 aliphatic carbocycles. The number of hydrogen-bond donors (Lipinski definition) is 1. The number of unbranched alkanes of at least 4 members (excludes halogenated alkanes) is 1. The molecule has 0 aliphatic rings. The first-order chi connectivity index (χ1) is 7.67. The number of carbonyl (C=O) groups is 1. The molecule has 90 valence electrons. The lowest BCUT2D eigenvalue weighted by molar-refractivity contribution is -0.116. The molecule has 0 saturated carbocycles. The first kappa shape index (κ1) is 12.8. The molecule has 0 unspecified atom stereocenters. The van der Waals surface area contributed by atoms with Gasteiger partial charge in [0.25, 0.3) is 0 Å². The molecule has 16 heavy (non-hydrogen) atoms. The summed E-state index contributed by atoms with van der Waals surface area (Å²) in [6.07, 6.45) is 1.93. The third kappa shape index (κ3) is 3.69. The summed E-state index contributed by atoms with van der Waals surface area (Å²) in [5, 5.41) is 7.54. The molecule has 1 rings (SSSR count). The van der Waals surface area contributed by atoms with Crippen molar-refractivity contribution in [3.63, 3.8) is 0 Å². The van der Waals surface area contributed by atoms with E-state index in [-0.39, 0.29) is 12.4 Å². The van der Waals surface area contributed by atoms with Gasteiger partial charge in [-0.2, -0.15) is 0 Å². The minimum Gasteiger partial charge on any atom is -0.407 e. The molecule has 0 aliphatic heterocycles. The van der Waals surface area contributed by atoms with E-state index in [1.54, 1.807) is 4.90 Å². The van der Waals surface area contributed by atoms with Gasteiger partial charge in [-0.15, -0.1) is 16.7 Å². The van der Waals surface area contributed by atoms with Crippen LogP contribution in [-0.4, -0.2) is 29.2 Å². The number of hydrogen-bond acceptors (Lipinski definition) is 5. The summed E-state index contributed by atoms with van der Waals surface area (Å²) in [7, 11) is 0. The molecular weight excluding hydrogens is 232 g/mol. The first-order valence-corrected chi connectivity index (χ1v) is 5.62. The van der Waals surface area contributed by atoms with Crippen LogP contribution in [0.1, 0.15) is 25.7 Å². The van der Waals surface area contributed by atoms with E-state index in [1.165, 1.54) is 0 Å². The van der Waals surface area contributed by atoms with E-state index in [0.29, 0.717) is 18.5 Å². The van der Waals surface area contributed by atoms with Gasteiger partial charge < -0.3 is 15.1 Å². The van der Waals surface area contributed by atoms with Gasteiger partial charge >= 0.3 is 6.01 Å². The maximum Gasteiger partial charge on any atom is 0.318 e. The van der Waals surface area contributed by atoms with Crippen molar-refractivity contribution < 1.29 is 9.21 Å². The highest BCUT2D eigenvalue weighted by Crippen LogP contribution is 2.13. The summed E-state index contributed by atoms with van der Waals surface area (Å²) in [5.74, 6) is 0.0647. The standard InChI is InChI=1S/C9H15ClN4O2/c1-2-3-4-14(6-7(11)15)9-13-12-8(5-10)16-9/h2-6H2,1H3,(H2,11,15). The number of halogens is 1. The summed E-state index contributed by atoms with van der Waals surface area (Å²) in [6, 6.07) is 0.294. The second-order valence-corrected chi connectivity index (χ2v) is 3.62. The molecule has 1 heterocycles. The van der Waals surface area contributed by atoms with Gasteiger partial charge in [0.15, 0.2) is 0 Å². The molecule has 0 saturated heterocycles. The number of nitrogens with zero attached hydrogens (tertiary/aromatic N) is 3. The Morgan fingerprint density at radius 3 is 2.81 bits per heavy atom. The number of alkyl halides is 1. The van der Waals surface area contributed by atoms with Crippen molar-refractivity contribution in [2.24, 2.45) is 5.73 Å². The number of nitrogens with two attached hydrogens (primary N) is 1. The maximum absolute atomic E-state index is 10.9. The smallest absolute Gasteiger partial charge is 0.318 e. The van der Waals surface area contributed by atoms with Crippen LogP contribution in [0.15, 0.2) is 4.42 Å². The zero-order valence-electron chi connectivity index (χ0n) is 9.15. The molecule has 6 nitrogen and oxygen atoms in total. The summed E-state index contributed by atoms with van der Waals surface area (Å²) < 4.78 is 5.26. The molecule has 7 heteroatoms. The minimum absolute atomic E-state index is 0.0733. The largest absolute Gasteiger partial charge is 0.407 e. The van der Waals surface area contributed by atoms with Crippen LogP contribution in [0.5, 0.6) is 0 Å².